The summed E-state index contributed by atoms with van der Waals surface area (Å²) >= 11 is 6.17. The topological polar surface area (TPSA) is 66.9 Å². The highest BCUT2D eigenvalue weighted by Crippen LogP contribution is 2.25. The van der Waals surface area contributed by atoms with Gasteiger partial charge in [-0.25, -0.2) is 0 Å². The van der Waals surface area contributed by atoms with Crippen molar-refractivity contribution in [3.05, 3.63) is 17.7 Å². The highest BCUT2D eigenvalue weighted by Gasteiger charge is 2.10. The van der Waals surface area contributed by atoms with E-state index in [1.807, 2.05) is 19.1 Å². The van der Waals surface area contributed by atoms with Crippen molar-refractivity contribution in [2.75, 3.05) is 5.32 Å². The number of nitrogens with zero attached hydrogens (tertiary/aromatic N) is 2. The summed E-state index contributed by atoms with van der Waals surface area (Å²) in [4.78, 5) is 10.9. The molecule has 2 rings (SSSR count). The number of nitrogens with one attached hydrogen (secondary N) is 2. The van der Waals surface area contributed by atoms with Crippen molar-refractivity contribution in [2.24, 2.45) is 0 Å². The Bertz CT molecular complexity index is 593. The quantitative estimate of drug-likeness (QED) is 0.771. The number of benzene rings is 1. The number of anilines is 1. The lowest BCUT2D eigenvalue weighted by molar-refractivity contribution is -0.117. The number of hydrogen-bond acceptors (Lipinski definition) is 5. The van der Waals surface area contributed by atoms with Crippen LogP contribution in [0.4, 0.5) is 5.69 Å². The lowest BCUT2D eigenvalue weighted by atomic mass is 10.1. The third kappa shape index (κ3) is 2.56. The van der Waals surface area contributed by atoms with E-state index in [4.69, 9.17) is 12.2 Å². The van der Waals surface area contributed by atoms with Gasteiger partial charge in [0.1, 0.15) is 11.0 Å². The zero-order valence-electron chi connectivity index (χ0n) is 9.27. The Morgan fingerprint density at radius 3 is 2.88 bits per heavy atom. The normalized spacial score (nSPS) is 10.2. The molecule has 0 aliphatic carbocycles. The fourth-order valence-electron chi connectivity index (χ4n) is 1.41. The smallest absolute Gasteiger partial charge is 0.222 e. The van der Waals surface area contributed by atoms with E-state index in [9.17, 15) is 4.79 Å². The third-order valence-corrected chi connectivity index (χ3v) is 2.91. The summed E-state index contributed by atoms with van der Waals surface area (Å²) in [6.07, 6.45) is 0. The standard InChI is InChI=1S/C10H10N4OS2/c1-5-3-4-7-9(14-17-13-7)8(5)12-10(16)11-6(2)15/h3-4H,1-2H3,(H2,11,12,15,16). The van der Waals surface area contributed by atoms with Gasteiger partial charge in [0.05, 0.1) is 17.4 Å². The summed E-state index contributed by atoms with van der Waals surface area (Å²) in [5.74, 6) is -0.205. The molecule has 0 bridgehead atoms. The highest BCUT2D eigenvalue weighted by atomic mass is 32.1. The predicted molar refractivity (Wildman–Crippen MR) is 72.2 cm³/mol. The number of fused-ring (bicyclic) bond motifs is 1. The zero-order chi connectivity index (χ0) is 12.4. The molecule has 0 fully saturated rings. The summed E-state index contributed by atoms with van der Waals surface area (Å²) in [6.45, 7) is 3.35. The number of aromatic nitrogens is 2. The maximum Gasteiger partial charge on any atom is 0.222 e. The number of carbonyl (C=O) groups excluding carboxylic acids is 1. The SMILES string of the molecule is CC(=O)NC(=S)Nc1c(C)ccc2nsnc12. The molecule has 0 aliphatic rings. The van der Waals surface area contributed by atoms with Gasteiger partial charge in [0.25, 0.3) is 0 Å². The monoisotopic (exact) mass is 266 g/mol. The molecule has 1 aromatic heterocycles. The molecule has 88 valence electrons. The summed E-state index contributed by atoms with van der Waals surface area (Å²) in [6, 6.07) is 3.84. The average Bonchev–Trinajstić information content (AvgIpc) is 2.69. The average molecular weight is 266 g/mol. The summed E-state index contributed by atoms with van der Waals surface area (Å²) in [7, 11) is 0. The number of rotatable bonds is 1. The van der Waals surface area contributed by atoms with E-state index in [0.29, 0.717) is 0 Å². The van der Waals surface area contributed by atoms with Gasteiger partial charge in [0.15, 0.2) is 5.11 Å². The molecule has 1 amide bonds. The van der Waals surface area contributed by atoms with E-state index in [2.05, 4.69) is 19.4 Å². The fraction of sp³-hybridized carbons (Fsp3) is 0.200. The van der Waals surface area contributed by atoms with Gasteiger partial charge in [0.2, 0.25) is 5.91 Å². The molecule has 2 N–H and O–H groups in total. The Balaban J connectivity index is 2.34. The number of aryl methyl sites for hydroxylation is 1. The molecule has 0 aliphatic heterocycles. The van der Waals surface area contributed by atoms with E-state index in [0.717, 1.165) is 34.0 Å². The third-order valence-electron chi connectivity index (χ3n) is 2.16. The first-order chi connectivity index (χ1) is 8.08. The van der Waals surface area contributed by atoms with Crippen LogP contribution in [0.15, 0.2) is 12.1 Å². The maximum absolute atomic E-state index is 10.9. The molecule has 0 unspecified atom stereocenters. The van der Waals surface area contributed by atoms with Crippen molar-refractivity contribution in [1.82, 2.24) is 14.1 Å². The van der Waals surface area contributed by atoms with E-state index < -0.39 is 0 Å². The van der Waals surface area contributed by atoms with Crippen LogP contribution >= 0.6 is 23.9 Å². The first kappa shape index (κ1) is 11.9. The summed E-state index contributed by atoms with van der Waals surface area (Å²) in [5.41, 5.74) is 3.37. The van der Waals surface area contributed by atoms with Crippen molar-refractivity contribution in [3.63, 3.8) is 0 Å². The van der Waals surface area contributed by atoms with E-state index in [-0.39, 0.29) is 11.0 Å². The molecular weight excluding hydrogens is 256 g/mol. The van der Waals surface area contributed by atoms with Crippen LogP contribution in [0.2, 0.25) is 0 Å². The van der Waals surface area contributed by atoms with E-state index in [1.54, 1.807) is 0 Å². The van der Waals surface area contributed by atoms with Crippen LogP contribution in [0.3, 0.4) is 0 Å². The van der Waals surface area contributed by atoms with Gasteiger partial charge < -0.3 is 10.6 Å². The van der Waals surface area contributed by atoms with Gasteiger partial charge in [0, 0.05) is 6.92 Å². The second-order valence-corrected chi connectivity index (χ2v) is 4.46. The molecule has 0 spiro atoms. The Morgan fingerprint density at radius 2 is 2.18 bits per heavy atom. The molecule has 7 heteroatoms. The van der Waals surface area contributed by atoms with Gasteiger partial charge >= 0.3 is 0 Å². The minimum absolute atomic E-state index is 0.205. The van der Waals surface area contributed by atoms with Crippen LogP contribution in [0.5, 0.6) is 0 Å². The van der Waals surface area contributed by atoms with Crippen LogP contribution in [-0.4, -0.2) is 19.8 Å². The van der Waals surface area contributed by atoms with Crippen LogP contribution in [0.1, 0.15) is 12.5 Å². The molecule has 0 radical (unpaired) electrons. The largest absolute Gasteiger partial charge is 0.330 e. The van der Waals surface area contributed by atoms with Crippen LogP contribution in [-0.2, 0) is 4.79 Å². The molecular formula is C10H10N4OS2. The van der Waals surface area contributed by atoms with Crippen LogP contribution in [0, 0.1) is 6.92 Å². The maximum atomic E-state index is 10.9. The summed E-state index contributed by atoms with van der Waals surface area (Å²) < 4.78 is 8.36. The predicted octanol–water partition coefficient (Wildman–Crippen LogP) is 1.83. The van der Waals surface area contributed by atoms with Crippen LogP contribution in [0.25, 0.3) is 11.0 Å². The second kappa shape index (κ2) is 4.72. The minimum atomic E-state index is -0.205. The number of thiocarbonyl (C=S) groups is 1. The Kier molecular flexibility index (Phi) is 3.30. The van der Waals surface area contributed by atoms with Crippen molar-refractivity contribution in [2.45, 2.75) is 13.8 Å². The summed E-state index contributed by atoms with van der Waals surface area (Å²) in [5, 5.41) is 5.75. The highest BCUT2D eigenvalue weighted by molar-refractivity contribution is 7.80. The van der Waals surface area contributed by atoms with Gasteiger partial charge in [-0.2, -0.15) is 8.75 Å². The number of hydrogen-bond donors (Lipinski definition) is 2. The van der Waals surface area contributed by atoms with Gasteiger partial charge in [-0.15, -0.1) is 0 Å². The van der Waals surface area contributed by atoms with E-state index in [1.165, 1.54) is 6.92 Å². The lowest BCUT2D eigenvalue weighted by Gasteiger charge is -2.10. The zero-order valence-corrected chi connectivity index (χ0v) is 10.9. The number of amides is 1. The molecule has 5 nitrogen and oxygen atoms in total. The molecule has 17 heavy (non-hydrogen) atoms. The van der Waals surface area contributed by atoms with Crippen LogP contribution < -0.4 is 10.6 Å². The Hall–Kier alpha value is -1.60. The first-order valence-electron chi connectivity index (χ1n) is 4.88. The lowest BCUT2D eigenvalue weighted by Crippen LogP contribution is -2.32. The van der Waals surface area contributed by atoms with Gasteiger partial charge in [-0.3, -0.25) is 4.79 Å². The number of carbonyl (C=O) groups is 1. The molecule has 0 saturated carbocycles. The van der Waals surface area contributed by atoms with E-state index >= 15 is 0 Å². The second-order valence-electron chi connectivity index (χ2n) is 3.52. The molecule has 1 heterocycles. The minimum Gasteiger partial charge on any atom is -0.330 e. The molecule has 0 atom stereocenters. The molecule has 0 saturated heterocycles. The molecule has 1 aromatic carbocycles. The van der Waals surface area contributed by atoms with Crippen molar-refractivity contribution in [3.8, 4) is 0 Å². The van der Waals surface area contributed by atoms with Gasteiger partial charge in [-0.05, 0) is 30.8 Å². The Labute approximate surface area is 108 Å². The molecule has 2 aromatic rings. The first-order valence-corrected chi connectivity index (χ1v) is 6.02. The van der Waals surface area contributed by atoms with Crippen molar-refractivity contribution in [1.29, 1.82) is 0 Å². The van der Waals surface area contributed by atoms with Crippen molar-refractivity contribution >= 4 is 51.7 Å². The van der Waals surface area contributed by atoms with Crippen molar-refractivity contribution < 1.29 is 4.79 Å². The Morgan fingerprint density at radius 1 is 1.41 bits per heavy atom. The van der Waals surface area contributed by atoms with Gasteiger partial charge in [-0.1, -0.05) is 6.07 Å². The fourth-order valence-corrected chi connectivity index (χ4v) is 2.20.